The zero-order valence-electron chi connectivity index (χ0n) is 22.8. The fourth-order valence-corrected chi connectivity index (χ4v) is 6.50. The Labute approximate surface area is 210 Å². The maximum Gasteiger partial charge on any atom is -0.0386 e. The van der Waals surface area contributed by atoms with Crippen LogP contribution in [0.4, 0.5) is 0 Å². The fourth-order valence-electron chi connectivity index (χ4n) is 6.50. The van der Waals surface area contributed by atoms with E-state index in [0.717, 1.165) is 11.8 Å². The zero-order chi connectivity index (χ0) is 23.1. The van der Waals surface area contributed by atoms with Crippen LogP contribution < -0.4 is 0 Å². The second-order valence-corrected chi connectivity index (χ2v) is 11.9. The van der Waals surface area contributed by atoms with Crippen LogP contribution in [0.1, 0.15) is 186 Å². The summed E-state index contributed by atoms with van der Waals surface area (Å²) in [5, 5.41) is 0. The van der Waals surface area contributed by atoms with Crippen LogP contribution >= 0.6 is 0 Å². The van der Waals surface area contributed by atoms with Crippen LogP contribution in [-0.2, 0) is 0 Å². The molecule has 0 aliphatic heterocycles. The summed E-state index contributed by atoms with van der Waals surface area (Å²) < 4.78 is 0. The molecule has 0 saturated heterocycles. The minimum Gasteiger partial charge on any atom is -0.0533 e. The van der Waals surface area contributed by atoms with Crippen molar-refractivity contribution in [3.8, 4) is 0 Å². The molecule has 2 aliphatic carbocycles. The van der Waals surface area contributed by atoms with Crippen molar-refractivity contribution in [2.45, 2.75) is 186 Å². The minimum atomic E-state index is 1.04. The lowest BCUT2D eigenvalue weighted by atomic mass is 9.85. The Morgan fingerprint density at radius 3 is 0.939 bits per heavy atom. The molecule has 0 heterocycles. The molecule has 0 bridgehead atoms. The van der Waals surface area contributed by atoms with Gasteiger partial charge in [0, 0.05) is 0 Å². The SMILES string of the molecule is [CH]1CCCCCCCC(CCCC2CCCCCC[CH]CCCCCCC2)CCCCCC1. The first-order valence-electron chi connectivity index (χ1n) is 16.1. The van der Waals surface area contributed by atoms with E-state index in [1.54, 1.807) is 12.8 Å². The standard InChI is InChI=1S/C33H62/c1-2-6-10-14-18-22-27-32(26-21-17-13-9-5-1)30-25-31-33-28-23-19-15-11-7-3-4-8-12-16-20-24-29-33/h1,3,32-33H,2,4-31H2. The molecule has 2 aliphatic rings. The lowest BCUT2D eigenvalue weighted by Gasteiger charge is -2.20. The van der Waals surface area contributed by atoms with Gasteiger partial charge in [-0.3, -0.25) is 0 Å². The Kier molecular flexibility index (Phi) is 19.9. The Balaban J connectivity index is 1.68. The normalized spacial score (nSPS) is 24.7. The summed E-state index contributed by atoms with van der Waals surface area (Å²) >= 11 is 0. The van der Waals surface area contributed by atoms with Gasteiger partial charge in [-0.25, -0.2) is 0 Å². The largest absolute Gasteiger partial charge is 0.0533 e. The highest BCUT2D eigenvalue weighted by Gasteiger charge is 2.13. The highest BCUT2D eigenvalue weighted by molar-refractivity contribution is 4.69. The molecule has 0 aromatic carbocycles. The lowest BCUT2D eigenvalue weighted by molar-refractivity contribution is 0.327. The predicted molar refractivity (Wildman–Crippen MR) is 149 cm³/mol. The first-order chi connectivity index (χ1) is 16.4. The highest BCUT2D eigenvalue weighted by Crippen LogP contribution is 2.29. The van der Waals surface area contributed by atoms with Crippen molar-refractivity contribution in [1.82, 2.24) is 0 Å². The van der Waals surface area contributed by atoms with E-state index in [9.17, 15) is 0 Å². The van der Waals surface area contributed by atoms with Gasteiger partial charge >= 0.3 is 0 Å². The molecule has 194 valence electrons. The molecule has 0 aromatic rings. The minimum absolute atomic E-state index is 1.04. The van der Waals surface area contributed by atoms with E-state index in [1.807, 2.05) is 0 Å². The first-order valence-corrected chi connectivity index (χ1v) is 16.1. The van der Waals surface area contributed by atoms with Crippen molar-refractivity contribution in [3.05, 3.63) is 12.8 Å². The summed E-state index contributed by atoms with van der Waals surface area (Å²) in [6.45, 7) is 0. The van der Waals surface area contributed by atoms with Crippen LogP contribution in [0.15, 0.2) is 0 Å². The van der Waals surface area contributed by atoms with Crippen molar-refractivity contribution in [1.29, 1.82) is 0 Å². The van der Waals surface area contributed by atoms with Gasteiger partial charge in [0.2, 0.25) is 0 Å². The van der Waals surface area contributed by atoms with Crippen LogP contribution in [0.3, 0.4) is 0 Å². The summed E-state index contributed by atoms with van der Waals surface area (Å²) in [4.78, 5) is 0. The Morgan fingerprint density at radius 2 is 0.606 bits per heavy atom. The molecular weight excluding hydrogens is 396 g/mol. The second kappa shape index (κ2) is 22.5. The van der Waals surface area contributed by atoms with Crippen LogP contribution in [0.5, 0.6) is 0 Å². The summed E-state index contributed by atoms with van der Waals surface area (Å²) in [5.41, 5.74) is 0. The molecule has 2 rings (SSSR count). The van der Waals surface area contributed by atoms with Crippen LogP contribution in [0.25, 0.3) is 0 Å². The molecule has 2 atom stereocenters. The third kappa shape index (κ3) is 18.0. The Bertz CT molecular complexity index is 317. The average molecular weight is 459 g/mol. The molecule has 0 amide bonds. The molecule has 2 fully saturated rings. The van der Waals surface area contributed by atoms with Gasteiger partial charge in [0.05, 0.1) is 0 Å². The molecular formula is C33H62. The zero-order valence-corrected chi connectivity index (χ0v) is 22.8. The molecule has 0 N–H and O–H groups in total. The Morgan fingerprint density at radius 1 is 0.333 bits per heavy atom. The molecule has 0 spiro atoms. The van der Waals surface area contributed by atoms with Gasteiger partial charge in [-0.15, -0.1) is 0 Å². The van der Waals surface area contributed by atoms with E-state index in [0.29, 0.717) is 0 Å². The summed E-state index contributed by atoms with van der Waals surface area (Å²) in [5.74, 6) is 2.08. The number of hydrogen-bond donors (Lipinski definition) is 0. The Hall–Kier alpha value is 0. The van der Waals surface area contributed by atoms with E-state index in [-0.39, 0.29) is 0 Å². The summed E-state index contributed by atoms with van der Waals surface area (Å²) in [6, 6.07) is 0. The van der Waals surface area contributed by atoms with Crippen molar-refractivity contribution in [2.24, 2.45) is 11.8 Å². The van der Waals surface area contributed by atoms with Crippen molar-refractivity contribution in [2.75, 3.05) is 0 Å². The monoisotopic (exact) mass is 458 g/mol. The third-order valence-electron chi connectivity index (χ3n) is 8.81. The smallest absolute Gasteiger partial charge is 0.0386 e. The van der Waals surface area contributed by atoms with E-state index in [1.165, 1.54) is 173 Å². The van der Waals surface area contributed by atoms with Gasteiger partial charge in [-0.1, -0.05) is 186 Å². The van der Waals surface area contributed by atoms with Gasteiger partial charge in [0.25, 0.3) is 0 Å². The van der Waals surface area contributed by atoms with Gasteiger partial charge < -0.3 is 0 Å². The van der Waals surface area contributed by atoms with Crippen molar-refractivity contribution < 1.29 is 0 Å². The molecule has 2 unspecified atom stereocenters. The fraction of sp³-hybridized carbons (Fsp3) is 0.939. The molecule has 0 heteroatoms. The van der Waals surface area contributed by atoms with Crippen LogP contribution in [0, 0.1) is 24.7 Å². The average Bonchev–Trinajstić information content (AvgIpc) is 2.84. The third-order valence-corrected chi connectivity index (χ3v) is 8.81. The van der Waals surface area contributed by atoms with Gasteiger partial charge in [-0.05, 0) is 24.7 Å². The highest BCUT2D eigenvalue weighted by atomic mass is 14.2. The molecule has 2 radical (unpaired) electrons. The lowest BCUT2D eigenvalue weighted by Crippen LogP contribution is -2.05. The molecule has 33 heavy (non-hydrogen) atoms. The van der Waals surface area contributed by atoms with E-state index < -0.39 is 0 Å². The van der Waals surface area contributed by atoms with Crippen LogP contribution in [-0.4, -0.2) is 0 Å². The quantitative estimate of drug-likeness (QED) is 0.393. The first kappa shape index (κ1) is 29.2. The van der Waals surface area contributed by atoms with Gasteiger partial charge in [0.1, 0.15) is 0 Å². The summed E-state index contributed by atoms with van der Waals surface area (Å²) in [7, 11) is 0. The van der Waals surface area contributed by atoms with Gasteiger partial charge in [0.15, 0.2) is 0 Å². The van der Waals surface area contributed by atoms with Gasteiger partial charge in [-0.2, -0.15) is 0 Å². The van der Waals surface area contributed by atoms with E-state index in [4.69, 9.17) is 0 Å². The molecule has 0 nitrogen and oxygen atoms in total. The van der Waals surface area contributed by atoms with Crippen LogP contribution in [0.2, 0.25) is 0 Å². The van der Waals surface area contributed by atoms with E-state index in [2.05, 4.69) is 12.8 Å². The number of rotatable bonds is 4. The number of hydrogen-bond acceptors (Lipinski definition) is 0. The molecule has 0 aromatic heterocycles. The second-order valence-electron chi connectivity index (χ2n) is 11.9. The van der Waals surface area contributed by atoms with Crippen molar-refractivity contribution >= 4 is 0 Å². The summed E-state index contributed by atoms with van der Waals surface area (Å²) in [6.07, 6.45) is 48.1. The predicted octanol–water partition coefficient (Wildman–Crippen LogP) is 12.0. The van der Waals surface area contributed by atoms with Crippen molar-refractivity contribution in [3.63, 3.8) is 0 Å². The van der Waals surface area contributed by atoms with E-state index >= 15 is 0 Å². The maximum atomic E-state index is 2.58. The topological polar surface area (TPSA) is 0 Å². The maximum absolute atomic E-state index is 2.58. The molecule has 2 saturated carbocycles.